The van der Waals surface area contributed by atoms with E-state index < -0.39 is 0 Å². The van der Waals surface area contributed by atoms with Gasteiger partial charge in [0.05, 0.1) is 0 Å². The predicted octanol–water partition coefficient (Wildman–Crippen LogP) is 3.66. The van der Waals surface area contributed by atoms with Crippen LogP contribution in [0, 0.1) is 5.41 Å². The molecule has 1 atom stereocenters. The Morgan fingerprint density at radius 2 is 2.13 bits per heavy atom. The lowest BCUT2D eigenvalue weighted by Gasteiger charge is -2.27. The topological polar surface area (TPSA) is 12.0 Å². The van der Waals surface area contributed by atoms with Gasteiger partial charge in [-0.1, -0.05) is 31.9 Å². The molecule has 0 saturated heterocycles. The van der Waals surface area contributed by atoms with Crippen molar-refractivity contribution in [3.8, 4) is 0 Å². The number of likely N-dealkylation sites (N-methyl/N-ethyl adjacent to an activating group) is 1. The molecule has 0 aromatic heterocycles. The third-order valence-corrected chi connectivity index (χ3v) is 4.09. The molecule has 1 saturated carbocycles. The zero-order chi connectivity index (χ0) is 10.7. The molecule has 2 aliphatic rings. The van der Waals surface area contributed by atoms with Crippen LogP contribution >= 0.6 is 0 Å². The van der Waals surface area contributed by atoms with Gasteiger partial charge in [0.15, 0.2) is 0 Å². The quantitative estimate of drug-likeness (QED) is 0.694. The highest BCUT2D eigenvalue weighted by molar-refractivity contribution is 5.20. The standard InChI is InChI=1S/C14H25N/c1-3-15-13(14(2)10-11-14)12-8-6-4-5-7-9-12/h8,13,15H,3-7,9-11H2,1-2H3. The average Bonchev–Trinajstić information content (AvgIpc) is 2.99. The van der Waals surface area contributed by atoms with Crippen molar-refractivity contribution in [2.45, 2.75) is 64.8 Å². The number of hydrogen-bond donors (Lipinski definition) is 1. The molecular formula is C14H25N. The molecule has 1 nitrogen and oxygen atoms in total. The SMILES string of the molecule is CCNC(C1=CCCCCC1)C1(C)CC1. The van der Waals surface area contributed by atoms with E-state index in [4.69, 9.17) is 0 Å². The van der Waals surface area contributed by atoms with Crippen LogP contribution in [0.4, 0.5) is 0 Å². The molecule has 1 fully saturated rings. The fourth-order valence-corrected chi connectivity index (χ4v) is 2.82. The normalized spacial score (nSPS) is 26.7. The van der Waals surface area contributed by atoms with Gasteiger partial charge in [-0.2, -0.15) is 0 Å². The maximum Gasteiger partial charge on any atom is 0.0333 e. The van der Waals surface area contributed by atoms with Crippen molar-refractivity contribution in [1.82, 2.24) is 5.32 Å². The Hall–Kier alpha value is -0.300. The summed E-state index contributed by atoms with van der Waals surface area (Å²) in [6, 6.07) is 0.681. The monoisotopic (exact) mass is 207 g/mol. The number of hydrogen-bond acceptors (Lipinski definition) is 1. The summed E-state index contributed by atoms with van der Waals surface area (Å²) in [6.07, 6.45) is 12.3. The maximum atomic E-state index is 3.71. The summed E-state index contributed by atoms with van der Waals surface area (Å²) < 4.78 is 0. The van der Waals surface area contributed by atoms with E-state index in [1.54, 1.807) is 5.57 Å². The Balaban J connectivity index is 2.05. The third kappa shape index (κ3) is 2.63. The van der Waals surface area contributed by atoms with Crippen LogP contribution in [0.25, 0.3) is 0 Å². The average molecular weight is 207 g/mol. The number of rotatable bonds is 4. The van der Waals surface area contributed by atoms with Crippen LogP contribution in [0.5, 0.6) is 0 Å². The summed E-state index contributed by atoms with van der Waals surface area (Å²) in [5.41, 5.74) is 2.31. The molecule has 0 aliphatic heterocycles. The highest BCUT2D eigenvalue weighted by atomic mass is 14.9. The maximum absolute atomic E-state index is 3.71. The lowest BCUT2D eigenvalue weighted by Crippen LogP contribution is -2.37. The second kappa shape index (κ2) is 4.69. The first kappa shape index (κ1) is 11.2. The van der Waals surface area contributed by atoms with E-state index in [1.165, 1.54) is 44.9 Å². The second-order valence-electron chi connectivity index (χ2n) is 5.52. The molecule has 0 radical (unpaired) electrons. The van der Waals surface area contributed by atoms with Gasteiger partial charge in [-0.25, -0.2) is 0 Å². The van der Waals surface area contributed by atoms with Crippen molar-refractivity contribution in [2.24, 2.45) is 5.41 Å². The highest BCUT2D eigenvalue weighted by Crippen LogP contribution is 2.50. The van der Waals surface area contributed by atoms with Gasteiger partial charge >= 0.3 is 0 Å². The highest BCUT2D eigenvalue weighted by Gasteiger charge is 2.45. The molecule has 15 heavy (non-hydrogen) atoms. The van der Waals surface area contributed by atoms with Crippen LogP contribution in [0.2, 0.25) is 0 Å². The second-order valence-corrected chi connectivity index (χ2v) is 5.52. The summed E-state index contributed by atoms with van der Waals surface area (Å²) in [7, 11) is 0. The van der Waals surface area contributed by atoms with Crippen molar-refractivity contribution in [2.75, 3.05) is 6.54 Å². The van der Waals surface area contributed by atoms with Crippen molar-refractivity contribution in [1.29, 1.82) is 0 Å². The minimum Gasteiger partial charge on any atom is -0.310 e. The van der Waals surface area contributed by atoms with Crippen molar-refractivity contribution in [3.05, 3.63) is 11.6 Å². The van der Waals surface area contributed by atoms with Crippen LogP contribution in [-0.4, -0.2) is 12.6 Å². The summed E-state index contributed by atoms with van der Waals surface area (Å²) in [5.74, 6) is 0. The van der Waals surface area contributed by atoms with Gasteiger partial charge in [0.2, 0.25) is 0 Å². The Bertz CT molecular complexity index is 238. The largest absolute Gasteiger partial charge is 0.310 e. The van der Waals surface area contributed by atoms with E-state index in [1.807, 2.05) is 0 Å². The number of allylic oxidation sites excluding steroid dienone is 1. The Morgan fingerprint density at radius 3 is 2.80 bits per heavy atom. The lowest BCUT2D eigenvalue weighted by atomic mass is 9.89. The van der Waals surface area contributed by atoms with E-state index in [0.717, 1.165) is 6.54 Å². The molecule has 86 valence electrons. The van der Waals surface area contributed by atoms with Gasteiger partial charge in [0, 0.05) is 6.04 Å². The van der Waals surface area contributed by atoms with Gasteiger partial charge in [-0.15, -0.1) is 0 Å². The minimum atomic E-state index is 0.589. The minimum absolute atomic E-state index is 0.589. The Labute approximate surface area is 94.3 Å². The van der Waals surface area contributed by atoms with Crippen molar-refractivity contribution < 1.29 is 0 Å². The van der Waals surface area contributed by atoms with E-state index in [-0.39, 0.29) is 0 Å². The van der Waals surface area contributed by atoms with Crippen LogP contribution in [-0.2, 0) is 0 Å². The smallest absolute Gasteiger partial charge is 0.0333 e. The van der Waals surface area contributed by atoms with Crippen LogP contribution in [0.1, 0.15) is 58.8 Å². The molecule has 1 unspecified atom stereocenters. The van der Waals surface area contributed by atoms with Gasteiger partial charge in [0.1, 0.15) is 0 Å². The van der Waals surface area contributed by atoms with Gasteiger partial charge in [-0.3, -0.25) is 0 Å². The first-order valence-corrected chi connectivity index (χ1v) is 6.68. The van der Waals surface area contributed by atoms with E-state index in [9.17, 15) is 0 Å². The van der Waals surface area contributed by atoms with Gasteiger partial charge < -0.3 is 5.32 Å². The Kier molecular flexibility index (Phi) is 3.50. The lowest BCUT2D eigenvalue weighted by molar-refractivity contribution is 0.397. The van der Waals surface area contributed by atoms with Crippen molar-refractivity contribution >= 4 is 0 Å². The van der Waals surface area contributed by atoms with E-state index >= 15 is 0 Å². The molecule has 0 heterocycles. The molecule has 0 amide bonds. The van der Waals surface area contributed by atoms with E-state index in [2.05, 4.69) is 25.2 Å². The molecule has 2 rings (SSSR count). The first-order chi connectivity index (χ1) is 7.26. The molecule has 2 aliphatic carbocycles. The fourth-order valence-electron chi connectivity index (χ4n) is 2.82. The summed E-state index contributed by atoms with van der Waals surface area (Å²) in [6.45, 7) is 5.79. The van der Waals surface area contributed by atoms with Crippen LogP contribution in [0.3, 0.4) is 0 Å². The Morgan fingerprint density at radius 1 is 1.33 bits per heavy atom. The van der Waals surface area contributed by atoms with Crippen molar-refractivity contribution in [3.63, 3.8) is 0 Å². The molecule has 0 aromatic rings. The summed E-state index contributed by atoms with van der Waals surface area (Å²) >= 11 is 0. The summed E-state index contributed by atoms with van der Waals surface area (Å²) in [5, 5.41) is 3.71. The number of nitrogens with one attached hydrogen (secondary N) is 1. The molecule has 0 bridgehead atoms. The summed E-state index contributed by atoms with van der Waals surface area (Å²) in [4.78, 5) is 0. The van der Waals surface area contributed by atoms with E-state index in [0.29, 0.717) is 11.5 Å². The van der Waals surface area contributed by atoms with Gasteiger partial charge in [-0.05, 0) is 50.5 Å². The molecular weight excluding hydrogens is 182 g/mol. The molecule has 1 N–H and O–H groups in total. The first-order valence-electron chi connectivity index (χ1n) is 6.68. The van der Waals surface area contributed by atoms with Crippen LogP contribution < -0.4 is 5.32 Å². The zero-order valence-corrected chi connectivity index (χ0v) is 10.3. The zero-order valence-electron chi connectivity index (χ0n) is 10.3. The van der Waals surface area contributed by atoms with Crippen LogP contribution in [0.15, 0.2) is 11.6 Å². The van der Waals surface area contributed by atoms with Gasteiger partial charge in [0.25, 0.3) is 0 Å². The molecule has 0 aromatic carbocycles. The molecule has 0 spiro atoms. The third-order valence-electron chi connectivity index (χ3n) is 4.09. The fraction of sp³-hybridized carbons (Fsp3) is 0.857. The predicted molar refractivity (Wildman–Crippen MR) is 66.0 cm³/mol. The molecule has 1 heteroatoms.